The van der Waals surface area contributed by atoms with Crippen LogP contribution in [-0.2, 0) is 25.0 Å². The van der Waals surface area contributed by atoms with Crippen LogP contribution in [0.5, 0.6) is 11.5 Å². The average molecular weight is 294 g/mol. The first-order valence-electron chi connectivity index (χ1n) is 8.06. The molecule has 0 radical (unpaired) electrons. The highest BCUT2D eigenvalue weighted by Crippen LogP contribution is 2.49. The molecule has 0 saturated heterocycles. The number of hydrogen-bond acceptors (Lipinski definition) is 2. The molecule has 22 heavy (non-hydrogen) atoms. The lowest BCUT2D eigenvalue weighted by Crippen LogP contribution is -2.18. The third kappa shape index (κ3) is 1.93. The van der Waals surface area contributed by atoms with E-state index >= 15 is 0 Å². The number of benzene rings is 2. The number of ether oxygens (including phenoxy) is 2. The van der Waals surface area contributed by atoms with Crippen LogP contribution in [0.15, 0.2) is 24.3 Å². The largest absolute Gasteiger partial charge is 0.488 e. The fourth-order valence-corrected chi connectivity index (χ4v) is 3.38. The Balaban J connectivity index is 1.97. The van der Waals surface area contributed by atoms with Crippen LogP contribution in [0, 0.1) is 0 Å². The number of hydrogen-bond donors (Lipinski definition) is 0. The smallest absolute Gasteiger partial charge is 0.128 e. The second-order valence-corrected chi connectivity index (χ2v) is 7.32. The summed E-state index contributed by atoms with van der Waals surface area (Å²) in [6.07, 6.45) is 1.02. The van der Waals surface area contributed by atoms with Crippen molar-refractivity contribution in [3.05, 3.63) is 46.5 Å². The molecule has 2 aromatic rings. The minimum Gasteiger partial charge on any atom is -0.488 e. The summed E-state index contributed by atoms with van der Waals surface area (Å²) in [4.78, 5) is 0. The van der Waals surface area contributed by atoms with Crippen LogP contribution in [0.4, 0.5) is 0 Å². The second kappa shape index (κ2) is 4.52. The Hall–Kier alpha value is -1.96. The number of rotatable bonds is 1. The van der Waals surface area contributed by atoms with Crippen molar-refractivity contribution >= 4 is 0 Å². The lowest BCUT2D eigenvalue weighted by atomic mass is 9.82. The van der Waals surface area contributed by atoms with Gasteiger partial charge in [0.25, 0.3) is 0 Å². The molecule has 0 aliphatic carbocycles. The van der Waals surface area contributed by atoms with Crippen LogP contribution in [0.1, 0.15) is 49.9 Å². The Morgan fingerprint density at radius 2 is 1.45 bits per heavy atom. The normalized spacial score (nSPS) is 14.9. The standard InChI is InChI=1S/C20H22O2/c1-5-12-6-13-10-22-17-9-15(20(2,3)4)8-14-11-21-16(7-12)18(13)19(14)17/h6-9H,5,10-11H2,1-4H3. The van der Waals surface area contributed by atoms with Crippen LogP contribution < -0.4 is 9.47 Å². The highest BCUT2D eigenvalue weighted by molar-refractivity contribution is 5.84. The van der Waals surface area contributed by atoms with Crippen molar-refractivity contribution in [2.24, 2.45) is 0 Å². The van der Waals surface area contributed by atoms with Gasteiger partial charge in [-0.25, -0.2) is 0 Å². The molecule has 0 N–H and O–H groups in total. The topological polar surface area (TPSA) is 18.5 Å². The van der Waals surface area contributed by atoms with Gasteiger partial charge in [0.15, 0.2) is 0 Å². The highest BCUT2D eigenvalue weighted by atomic mass is 16.5. The highest BCUT2D eigenvalue weighted by Gasteiger charge is 2.30. The third-order valence-corrected chi connectivity index (χ3v) is 4.72. The summed E-state index contributed by atoms with van der Waals surface area (Å²) < 4.78 is 12.2. The summed E-state index contributed by atoms with van der Waals surface area (Å²) in [6.45, 7) is 10.2. The summed E-state index contributed by atoms with van der Waals surface area (Å²) in [7, 11) is 0. The third-order valence-electron chi connectivity index (χ3n) is 4.72. The molecule has 0 unspecified atom stereocenters. The molecule has 0 amide bonds. The van der Waals surface area contributed by atoms with Crippen LogP contribution in [0.25, 0.3) is 11.1 Å². The molecule has 0 fully saturated rings. The molecule has 0 atom stereocenters. The van der Waals surface area contributed by atoms with Crippen molar-refractivity contribution in [1.82, 2.24) is 0 Å². The van der Waals surface area contributed by atoms with Gasteiger partial charge in [-0.1, -0.05) is 39.8 Å². The van der Waals surface area contributed by atoms with E-state index in [0.29, 0.717) is 13.2 Å². The van der Waals surface area contributed by atoms with Crippen LogP contribution >= 0.6 is 0 Å². The fourth-order valence-electron chi connectivity index (χ4n) is 3.38. The quantitative estimate of drug-likeness (QED) is 0.737. The summed E-state index contributed by atoms with van der Waals surface area (Å²) in [5.41, 5.74) is 7.74. The van der Waals surface area contributed by atoms with E-state index in [2.05, 4.69) is 52.0 Å². The van der Waals surface area contributed by atoms with E-state index in [0.717, 1.165) is 17.9 Å². The molecule has 2 nitrogen and oxygen atoms in total. The average Bonchev–Trinajstić information content (AvgIpc) is 2.50. The zero-order valence-corrected chi connectivity index (χ0v) is 13.7. The molecule has 0 spiro atoms. The molecule has 0 aromatic heterocycles. The zero-order chi connectivity index (χ0) is 15.5. The molecule has 0 bridgehead atoms. The minimum atomic E-state index is 0.113. The molecule has 2 aliphatic heterocycles. The van der Waals surface area contributed by atoms with Gasteiger partial charge in [0.2, 0.25) is 0 Å². The van der Waals surface area contributed by atoms with Crippen LogP contribution in [0.2, 0.25) is 0 Å². The maximum Gasteiger partial charge on any atom is 0.128 e. The lowest BCUT2D eigenvalue weighted by Gasteiger charge is -2.32. The molecule has 114 valence electrons. The van der Waals surface area contributed by atoms with Crippen molar-refractivity contribution in [3.8, 4) is 22.6 Å². The van der Waals surface area contributed by atoms with Gasteiger partial charge >= 0.3 is 0 Å². The second-order valence-electron chi connectivity index (χ2n) is 7.32. The molecule has 2 aliphatic rings. The SMILES string of the molecule is CCc1cc2c3c(c1)OCc1cc(C(C)(C)C)cc(c1-3)OC2. The predicted octanol–water partition coefficient (Wildman–Crippen LogP) is 5.00. The molecule has 0 saturated carbocycles. The van der Waals surface area contributed by atoms with Gasteiger partial charge in [-0.05, 0) is 35.1 Å². The van der Waals surface area contributed by atoms with E-state index in [4.69, 9.17) is 9.47 Å². The Morgan fingerprint density at radius 1 is 0.864 bits per heavy atom. The Labute approximate surface area is 132 Å². The first-order valence-corrected chi connectivity index (χ1v) is 8.06. The molecule has 2 heteroatoms. The fraction of sp³-hybridized carbons (Fsp3) is 0.400. The van der Waals surface area contributed by atoms with E-state index in [1.54, 1.807) is 0 Å². The molecule has 2 aromatic carbocycles. The van der Waals surface area contributed by atoms with Gasteiger partial charge < -0.3 is 9.47 Å². The predicted molar refractivity (Wildman–Crippen MR) is 88.6 cm³/mol. The molecular weight excluding hydrogens is 272 g/mol. The molecule has 4 rings (SSSR count). The van der Waals surface area contributed by atoms with E-state index in [9.17, 15) is 0 Å². The summed E-state index contributed by atoms with van der Waals surface area (Å²) >= 11 is 0. The number of aryl methyl sites for hydroxylation is 1. The van der Waals surface area contributed by atoms with Crippen molar-refractivity contribution in [1.29, 1.82) is 0 Å². The maximum absolute atomic E-state index is 6.10. The Bertz CT molecular complexity index is 716. The summed E-state index contributed by atoms with van der Waals surface area (Å²) in [5, 5.41) is 0. The summed E-state index contributed by atoms with van der Waals surface area (Å²) in [5.74, 6) is 2.04. The van der Waals surface area contributed by atoms with Crippen molar-refractivity contribution < 1.29 is 9.47 Å². The van der Waals surface area contributed by atoms with Gasteiger partial charge in [0.05, 0.1) is 0 Å². The van der Waals surface area contributed by atoms with Gasteiger partial charge in [0, 0.05) is 22.3 Å². The Kier molecular flexibility index (Phi) is 2.81. The van der Waals surface area contributed by atoms with Gasteiger partial charge in [0.1, 0.15) is 24.7 Å². The van der Waals surface area contributed by atoms with E-state index < -0.39 is 0 Å². The van der Waals surface area contributed by atoms with Crippen molar-refractivity contribution in [2.75, 3.05) is 0 Å². The van der Waals surface area contributed by atoms with Crippen LogP contribution in [-0.4, -0.2) is 0 Å². The van der Waals surface area contributed by atoms with Crippen molar-refractivity contribution in [2.45, 2.75) is 52.7 Å². The zero-order valence-electron chi connectivity index (χ0n) is 13.7. The van der Waals surface area contributed by atoms with Gasteiger partial charge in [-0.2, -0.15) is 0 Å². The first kappa shape index (κ1) is 13.7. The molecule has 2 heterocycles. The first-order chi connectivity index (χ1) is 10.5. The monoisotopic (exact) mass is 294 g/mol. The van der Waals surface area contributed by atoms with Gasteiger partial charge in [-0.3, -0.25) is 0 Å². The summed E-state index contributed by atoms with van der Waals surface area (Å²) in [6, 6.07) is 8.95. The van der Waals surface area contributed by atoms with E-state index in [1.807, 2.05) is 0 Å². The van der Waals surface area contributed by atoms with Crippen LogP contribution in [0.3, 0.4) is 0 Å². The minimum absolute atomic E-state index is 0.113. The maximum atomic E-state index is 6.10. The van der Waals surface area contributed by atoms with E-state index in [1.165, 1.54) is 33.4 Å². The lowest BCUT2D eigenvalue weighted by molar-refractivity contribution is 0.276. The molecular formula is C20H22O2. The van der Waals surface area contributed by atoms with Gasteiger partial charge in [-0.15, -0.1) is 0 Å². The Morgan fingerprint density at radius 3 is 2.05 bits per heavy atom. The van der Waals surface area contributed by atoms with Crippen molar-refractivity contribution in [3.63, 3.8) is 0 Å². The van der Waals surface area contributed by atoms with E-state index in [-0.39, 0.29) is 5.41 Å².